The Morgan fingerprint density at radius 1 is 0.253 bits per heavy atom. The van der Waals surface area contributed by atoms with Crippen LogP contribution in [0.2, 0.25) is 0 Å². The number of rotatable bonds is 65. The number of esters is 3. The van der Waals surface area contributed by atoms with Crippen molar-refractivity contribution in [3.63, 3.8) is 0 Å². The van der Waals surface area contributed by atoms with Gasteiger partial charge in [-0.2, -0.15) is 0 Å². The van der Waals surface area contributed by atoms with Gasteiger partial charge in [-0.1, -0.05) is 307 Å². The summed E-state index contributed by atoms with van der Waals surface area (Å²) in [7, 11) is 0. The first-order valence-electron chi connectivity index (χ1n) is 35.1. The molecule has 0 N–H and O–H groups in total. The highest BCUT2D eigenvalue weighted by Gasteiger charge is 2.19. The molecule has 0 rings (SSSR count). The molecule has 0 aliphatic rings. The van der Waals surface area contributed by atoms with Crippen LogP contribution in [0.5, 0.6) is 0 Å². The molecule has 1 atom stereocenters. The third kappa shape index (κ3) is 66.1. The Labute approximate surface area is 492 Å². The van der Waals surface area contributed by atoms with Gasteiger partial charge >= 0.3 is 17.9 Å². The van der Waals surface area contributed by atoms with Crippen LogP contribution in [0.4, 0.5) is 0 Å². The minimum absolute atomic E-state index is 0.0741. The van der Waals surface area contributed by atoms with Crippen molar-refractivity contribution >= 4 is 17.9 Å². The van der Waals surface area contributed by atoms with Gasteiger partial charge in [0.25, 0.3) is 0 Å². The quantitative estimate of drug-likeness (QED) is 0.0261. The van der Waals surface area contributed by atoms with Gasteiger partial charge in [0.1, 0.15) is 13.2 Å². The van der Waals surface area contributed by atoms with Crippen LogP contribution in [0.1, 0.15) is 380 Å². The summed E-state index contributed by atoms with van der Waals surface area (Å²) in [5.74, 6) is -0.863. The highest BCUT2D eigenvalue weighted by molar-refractivity contribution is 5.71. The van der Waals surface area contributed by atoms with Crippen LogP contribution in [-0.4, -0.2) is 37.2 Å². The number of hydrogen-bond donors (Lipinski definition) is 0. The molecule has 0 bridgehead atoms. The van der Waals surface area contributed by atoms with Crippen LogP contribution >= 0.6 is 0 Å². The average molecular weight is 1110 g/mol. The fourth-order valence-electron chi connectivity index (χ4n) is 10.5. The van der Waals surface area contributed by atoms with E-state index in [-0.39, 0.29) is 31.1 Å². The first-order chi connectivity index (χ1) is 39.0. The maximum absolute atomic E-state index is 12.9. The molecule has 0 fully saturated rings. The predicted molar refractivity (Wildman–Crippen MR) is 344 cm³/mol. The first kappa shape index (κ1) is 76.4. The van der Waals surface area contributed by atoms with Gasteiger partial charge in [0.15, 0.2) is 6.10 Å². The van der Waals surface area contributed by atoms with Crippen molar-refractivity contribution in [1.29, 1.82) is 0 Å². The van der Waals surface area contributed by atoms with Crippen molar-refractivity contribution in [2.75, 3.05) is 13.2 Å². The van der Waals surface area contributed by atoms with E-state index in [1.54, 1.807) is 0 Å². The van der Waals surface area contributed by atoms with Crippen molar-refractivity contribution in [1.82, 2.24) is 0 Å². The first-order valence-corrected chi connectivity index (χ1v) is 35.1. The van der Waals surface area contributed by atoms with Crippen molar-refractivity contribution in [3.05, 3.63) is 48.6 Å². The summed E-state index contributed by atoms with van der Waals surface area (Å²) < 4.78 is 17.0. The lowest BCUT2D eigenvalue weighted by molar-refractivity contribution is -0.167. The van der Waals surface area contributed by atoms with E-state index < -0.39 is 6.10 Å². The average Bonchev–Trinajstić information content (AvgIpc) is 3.45. The molecule has 0 amide bonds. The summed E-state index contributed by atoms with van der Waals surface area (Å²) in [6, 6.07) is 0. The van der Waals surface area contributed by atoms with Gasteiger partial charge < -0.3 is 14.2 Å². The zero-order valence-corrected chi connectivity index (χ0v) is 53.2. The van der Waals surface area contributed by atoms with E-state index in [1.807, 2.05) is 0 Å². The molecule has 0 saturated carbocycles. The van der Waals surface area contributed by atoms with Crippen LogP contribution in [0, 0.1) is 0 Å². The van der Waals surface area contributed by atoms with E-state index >= 15 is 0 Å². The lowest BCUT2D eigenvalue weighted by Crippen LogP contribution is -2.30. The number of ether oxygens (including phenoxy) is 3. The molecule has 79 heavy (non-hydrogen) atoms. The molecule has 6 nitrogen and oxygen atoms in total. The van der Waals surface area contributed by atoms with Crippen molar-refractivity contribution in [2.45, 2.75) is 386 Å². The normalized spacial score (nSPS) is 12.3. The lowest BCUT2D eigenvalue weighted by Gasteiger charge is -2.18. The lowest BCUT2D eigenvalue weighted by atomic mass is 10.0. The van der Waals surface area contributed by atoms with Crippen molar-refractivity contribution < 1.29 is 28.6 Å². The van der Waals surface area contributed by atoms with E-state index in [4.69, 9.17) is 14.2 Å². The van der Waals surface area contributed by atoms with Gasteiger partial charge in [-0.15, -0.1) is 0 Å². The van der Waals surface area contributed by atoms with Crippen LogP contribution in [-0.2, 0) is 28.6 Å². The maximum atomic E-state index is 12.9. The van der Waals surface area contributed by atoms with Gasteiger partial charge in [-0.3, -0.25) is 14.4 Å². The van der Waals surface area contributed by atoms with E-state index in [1.165, 1.54) is 270 Å². The Balaban J connectivity index is 4.27. The summed E-state index contributed by atoms with van der Waals surface area (Å²) in [5.41, 5.74) is 0. The summed E-state index contributed by atoms with van der Waals surface area (Å²) in [6.07, 6.45) is 85.6. The van der Waals surface area contributed by atoms with Crippen LogP contribution in [0.15, 0.2) is 48.6 Å². The summed E-state index contributed by atoms with van der Waals surface area (Å²) in [5, 5.41) is 0. The summed E-state index contributed by atoms with van der Waals surface area (Å²) in [6.45, 7) is 6.68. The smallest absolute Gasteiger partial charge is 0.306 e. The van der Waals surface area contributed by atoms with Gasteiger partial charge in [0.05, 0.1) is 0 Å². The van der Waals surface area contributed by atoms with Crippen LogP contribution in [0.3, 0.4) is 0 Å². The highest BCUT2D eigenvalue weighted by atomic mass is 16.6. The van der Waals surface area contributed by atoms with Gasteiger partial charge in [0.2, 0.25) is 0 Å². The van der Waals surface area contributed by atoms with Gasteiger partial charge in [-0.25, -0.2) is 0 Å². The standard InChI is InChI=1S/C73H134O6/c1-4-7-10-13-16-19-22-25-28-31-33-34-35-36-37-38-39-40-41-43-45-48-51-54-57-60-63-66-72(75)78-69-70(68-77-71(74)65-62-59-56-53-50-47-44-30-27-24-21-18-15-12-9-6-3)79-73(76)67-64-61-58-55-52-49-46-42-32-29-26-23-20-17-14-11-8-5-2/h22,25,29-33,44,70H,4-21,23-24,26-28,34-43,45-69H2,1-3H3/b25-22-,32-29-,33-31-,44-30-. The SMILES string of the molecule is CCCCCCC/C=C\C/C=C\CCCCCCCCCCCCCCCCCC(=O)OCC(COC(=O)CCCCCCC/C=C\CCCCCCCCC)OC(=O)CCCCCCCCC/C=C\CCCCCCCCC. The second-order valence-corrected chi connectivity index (χ2v) is 23.8. The molecule has 0 saturated heterocycles. The zero-order chi connectivity index (χ0) is 57.1. The topological polar surface area (TPSA) is 78.9 Å². The van der Waals surface area contributed by atoms with E-state index in [2.05, 4.69) is 69.4 Å². The number of carbonyl (C=O) groups excluding carboxylic acids is 3. The Morgan fingerprint density at radius 3 is 0.709 bits per heavy atom. The molecule has 462 valence electrons. The second kappa shape index (κ2) is 67.9. The number of allylic oxidation sites excluding steroid dienone is 8. The molecule has 6 heteroatoms. The molecule has 0 aromatic carbocycles. The van der Waals surface area contributed by atoms with Crippen LogP contribution in [0.25, 0.3) is 0 Å². The molecule has 0 aliphatic carbocycles. The third-order valence-electron chi connectivity index (χ3n) is 15.8. The second-order valence-electron chi connectivity index (χ2n) is 23.8. The number of unbranched alkanes of at least 4 members (excludes halogenated alkanes) is 46. The Bertz CT molecular complexity index is 1360. The highest BCUT2D eigenvalue weighted by Crippen LogP contribution is 2.18. The molecular weight excluding hydrogens is 973 g/mol. The fourth-order valence-corrected chi connectivity index (χ4v) is 10.5. The molecule has 1 unspecified atom stereocenters. The largest absolute Gasteiger partial charge is 0.462 e. The molecule has 0 radical (unpaired) electrons. The molecule has 0 aromatic heterocycles. The van der Waals surface area contributed by atoms with E-state index in [0.29, 0.717) is 19.3 Å². The minimum atomic E-state index is -0.779. The van der Waals surface area contributed by atoms with Gasteiger partial charge in [-0.05, 0) is 103 Å². The summed E-state index contributed by atoms with van der Waals surface area (Å²) in [4.78, 5) is 38.4. The van der Waals surface area contributed by atoms with Crippen LogP contribution < -0.4 is 0 Å². The number of hydrogen-bond acceptors (Lipinski definition) is 6. The van der Waals surface area contributed by atoms with Crippen molar-refractivity contribution in [2.24, 2.45) is 0 Å². The Hall–Kier alpha value is -2.63. The third-order valence-corrected chi connectivity index (χ3v) is 15.8. The number of carbonyl (C=O) groups is 3. The summed E-state index contributed by atoms with van der Waals surface area (Å²) >= 11 is 0. The fraction of sp³-hybridized carbons (Fsp3) is 0.849. The predicted octanol–water partition coefficient (Wildman–Crippen LogP) is 24.1. The molecule has 0 spiro atoms. The molecule has 0 aliphatic heterocycles. The molecule has 0 heterocycles. The van der Waals surface area contributed by atoms with E-state index in [9.17, 15) is 14.4 Å². The molecule has 0 aromatic rings. The monoisotopic (exact) mass is 1110 g/mol. The van der Waals surface area contributed by atoms with Crippen molar-refractivity contribution in [3.8, 4) is 0 Å². The zero-order valence-electron chi connectivity index (χ0n) is 53.2. The minimum Gasteiger partial charge on any atom is -0.462 e. The molecular formula is C73H134O6. The Kier molecular flexibility index (Phi) is 65.6. The van der Waals surface area contributed by atoms with Gasteiger partial charge in [0, 0.05) is 19.3 Å². The maximum Gasteiger partial charge on any atom is 0.306 e. The Morgan fingerprint density at radius 2 is 0.456 bits per heavy atom. The van der Waals surface area contributed by atoms with E-state index in [0.717, 1.165) is 70.6 Å².